The first kappa shape index (κ1) is 14.8. The van der Waals surface area contributed by atoms with Crippen molar-refractivity contribution in [3.63, 3.8) is 0 Å². The number of nitrogens with one attached hydrogen (secondary N) is 1. The molecule has 2 aromatic rings. The van der Waals surface area contributed by atoms with Crippen LogP contribution < -0.4 is 5.32 Å². The molecule has 0 aromatic heterocycles. The van der Waals surface area contributed by atoms with E-state index in [1.54, 1.807) is 0 Å². The molecule has 0 spiro atoms. The van der Waals surface area contributed by atoms with Crippen LogP contribution in [0.3, 0.4) is 0 Å². The summed E-state index contributed by atoms with van der Waals surface area (Å²) in [4.78, 5) is 14.9. The minimum absolute atomic E-state index is 0.0843. The Hall–Kier alpha value is -2.13. The Labute approximate surface area is 132 Å². The van der Waals surface area contributed by atoms with Crippen molar-refractivity contribution in [1.82, 2.24) is 10.2 Å². The number of hydrogen-bond donors (Lipinski definition) is 1. The van der Waals surface area contributed by atoms with Gasteiger partial charge in [-0.15, -0.1) is 0 Å². The molecule has 1 aliphatic rings. The van der Waals surface area contributed by atoms with Gasteiger partial charge in [-0.3, -0.25) is 4.79 Å². The van der Waals surface area contributed by atoms with Gasteiger partial charge in [0.2, 0.25) is 0 Å². The van der Waals surface area contributed by atoms with E-state index in [4.69, 9.17) is 0 Å². The van der Waals surface area contributed by atoms with Gasteiger partial charge in [-0.1, -0.05) is 48.5 Å². The Morgan fingerprint density at radius 1 is 1.05 bits per heavy atom. The van der Waals surface area contributed by atoms with Crippen molar-refractivity contribution in [1.29, 1.82) is 0 Å². The van der Waals surface area contributed by atoms with Crippen molar-refractivity contribution in [3.8, 4) is 0 Å². The zero-order chi connectivity index (χ0) is 15.5. The molecule has 2 atom stereocenters. The number of fused-ring (bicyclic) bond motifs is 1. The number of rotatable bonds is 4. The smallest absolute Gasteiger partial charge is 0.254 e. The summed E-state index contributed by atoms with van der Waals surface area (Å²) in [6, 6.07) is 18.5. The quantitative estimate of drug-likeness (QED) is 0.939. The van der Waals surface area contributed by atoms with Crippen LogP contribution in [0.5, 0.6) is 0 Å². The molecular weight excluding hydrogens is 272 g/mol. The number of amides is 1. The fourth-order valence-electron chi connectivity index (χ4n) is 3.53. The van der Waals surface area contributed by atoms with Crippen molar-refractivity contribution in [2.75, 3.05) is 20.1 Å². The van der Waals surface area contributed by atoms with Gasteiger partial charge < -0.3 is 10.2 Å². The van der Waals surface area contributed by atoms with Crippen LogP contribution in [0.25, 0.3) is 0 Å². The van der Waals surface area contributed by atoms with Crippen LogP contribution in [0.2, 0.25) is 0 Å². The number of likely N-dealkylation sites (N-methyl/N-ethyl adjacent to an activating group) is 2. The molecule has 0 radical (unpaired) electrons. The van der Waals surface area contributed by atoms with Gasteiger partial charge in [0.25, 0.3) is 5.91 Å². The average Bonchev–Trinajstić information content (AvgIpc) is 2.58. The fraction of sp³-hybridized carbons (Fsp3) is 0.316. The summed E-state index contributed by atoms with van der Waals surface area (Å²) in [7, 11) is 1.97. The summed E-state index contributed by atoms with van der Waals surface area (Å²) < 4.78 is 0. The van der Waals surface area contributed by atoms with Crippen LogP contribution in [0.15, 0.2) is 54.6 Å². The molecule has 1 heterocycles. The highest BCUT2D eigenvalue weighted by Gasteiger charge is 2.39. The molecule has 0 unspecified atom stereocenters. The topological polar surface area (TPSA) is 32.3 Å². The van der Waals surface area contributed by atoms with Crippen LogP contribution >= 0.6 is 0 Å². The monoisotopic (exact) mass is 294 g/mol. The van der Waals surface area contributed by atoms with E-state index in [0.717, 1.165) is 17.7 Å². The first-order chi connectivity index (χ1) is 10.8. The van der Waals surface area contributed by atoms with Crippen LogP contribution in [0, 0.1) is 0 Å². The molecule has 1 aliphatic heterocycles. The summed E-state index contributed by atoms with van der Waals surface area (Å²) in [6.45, 7) is 3.62. The van der Waals surface area contributed by atoms with E-state index in [1.807, 2.05) is 48.3 Å². The Morgan fingerprint density at radius 2 is 1.73 bits per heavy atom. The Bertz CT molecular complexity index is 653. The Balaban J connectivity index is 2.15. The normalized spacial score (nSPS) is 20.8. The van der Waals surface area contributed by atoms with Crippen molar-refractivity contribution in [3.05, 3.63) is 71.3 Å². The molecule has 3 nitrogen and oxygen atoms in total. The summed E-state index contributed by atoms with van der Waals surface area (Å²) in [6.07, 6.45) is 0. The predicted molar refractivity (Wildman–Crippen MR) is 89.0 cm³/mol. The van der Waals surface area contributed by atoms with E-state index in [9.17, 15) is 4.79 Å². The van der Waals surface area contributed by atoms with E-state index in [0.29, 0.717) is 6.54 Å². The maximum Gasteiger partial charge on any atom is 0.254 e. The molecular formula is C19H22N2O. The van der Waals surface area contributed by atoms with Gasteiger partial charge in [-0.05, 0) is 31.2 Å². The molecule has 0 bridgehead atoms. The van der Waals surface area contributed by atoms with Crippen molar-refractivity contribution in [2.24, 2.45) is 0 Å². The van der Waals surface area contributed by atoms with Crippen LogP contribution in [-0.2, 0) is 0 Å². The molecule has 3 heteroatoms. The standard InChI is InChI=1S/C19H22N2O/c1-3-21-18(14-9-5-4-6-10-14)17(13-20-2)15-11-7-8-12-16(15)19(21)22/h4-12,17-18,20H,3,13H2,1-2H3/t17-,18+/m1/s1. The molecule has 0 aliphatic carbocycles. The third-order valence-corrected chi connectivity index (χ3v) is 4.47. The van der Waals surface area contributed by atoms with Crippen molar-refractivity contribution in [2.45, 2.75) is 18.9 Å². The lowest BCUT2D eigenvalue weighted by Crippen LogP contribution is -2.44. The van der Waals surface area contributed by atoms with Gasteiger partial charge in [0.15, 0.2) is 0 Å². The molecule has 2 aromatic carbocycles. The summed E-state index contributed by atoms with van der Waals surface area (Å²) in [5, 5.41) is 3.30. The Morgan fingerprint density at radius 3 is 2.41 bits per heavy atom. The van der Waals surface area contributed by atoms with E-state index in [1.165, 1.54) is 5.56 Å². The molecule has 22 heavy (non-hydrogen) atoms. The third-order valence-electron chi connectivity index (χ3n) is 4.47. The number of nitrogens with zero attached hydrogens (tertiary/aromatic N) is 1. The van der Waals surface area contributed by atoms with Crippen LogP contribution in [0.1, 0.15) is 40.4 Å². The molecule has 3 rings (SSSR count). The van der Waals surface area contributed by atoms with Gasteiger partial charge >= 0.3 is 0 Å². The molecule has 1 amide bonds. The molecule has 0 fully saturated rings. The highest BCUT2D eigenvalue weighted by molar-refractivity contribution is 5.97. The lowest BCUT2D eigenvalue weighted by molar-refractivity contribution is 0.0621. The molecule has 1 N–H and O–H groups in total. The molecule has 0 saturated carbocycles. The SMILES string of the molecule is CCN1C(=O)c2ccccc2[C@@H](CNC)[C@@H]1c1ccccc1. The lowest BCUT2D eigenvalue weighted by Gasteiger charge is -2.42. The summed E-state index contributed by atoms with van der Waals surface area (Å²) >= 11 is 0. The second-order valence-corrected chi connectivity index (χ2v) is 5.70. The Kier molecular flexibility index (Phi) is 4.25. The average molecular weight is 294 g/mol. The van der Waals surface area contributed by atoms with Gasteiger partial charge in [0, 0.05) is 24.6 Å². The first-order valence-corrected chi connectivity index (χ1v) is 7.87. The minimum Gasteiger partial charge on any atom is -0.331 e. The number of hydrogen-bond acceptors (Lipinski definition) is 2. The summed E-state index contributed by atoms with van der Waals surface area (Å²) in [5.74, 6) is 0.403. The minimum atomic E-state index is 0.0843. The summed E-state index contributed by atoms with van der Waals surface area (Å²) in [5.41, 5.74) is 3.20. The van der Waals surface area contributed by atoms with E-state index < -0.39 is 0 Å². The second-order valence-electron chi connectivity index (χ2n) is 5.70. The van der Waals surface area contributed by atoms with Gasteiger partial charge in [0.05, 0.1) is 6.04 Å². The van der Waals surface area contributed by atoms with Gasteiger partial charge in [-0.25, -0.2) is 0 Å². The highest BCUT2D eigenvalue weighted by Crippen LogP contribution is 2.41. The fourth-order valence-corrected chi connectivity index (χ4v) is 3.53. The number of benzene rings is 2. The van der Waals surface area contributed by atoms with E-state index in [-0.39, 0.29) is 17.9 Å². The third kappa shape index (κ3) is 2.42. The zero-order valence-electron chi connectivity index (χ0n) is 13.1. The largest absolute Gasteiger partial charge is 0.331 e. The molecule has 0 saturated heterocycles. The number of carbonyl (C=O) groups excluding carboxylic acids is 1. The zero-order valence-corrected chi connectivity index (χ0v) is 13.1. The lowest BCUT2D eigenvalue weighted by atomic mass is 9.79. The van der Waals surface area contributed by atoms with Gasteiger partial charge in [0.1, 0.15) is 0 Å². The maximum absolute atomic E-state index is 12.9. The van der Waals surface area contributed by atoms with Crippen molar-refractivity contribution >= 4 is 5.91 Å². The van der Waals surface area contributed by atoms with Crippen molar-refractivity contribution < 1.29 is 4.79 Å². The highest BCUT2D eigenvalue weighted by atomic mass is 16.2. The second kappa shape index (κ2) is 6.32. The maximum atomic E-state index is 12.9. The van der Waals surface area contributed by atoms with E-state index in [2.05, 4.69) is 30.4 Å². The van der Waals surface area contributed by atoms with Crippen LogP contribution in [0.4, 0.5) is 0 Å². The van der Waals surface area contributed by atoms with Gasteiger partial charge in [-0.2, -0.15) is 0 Å². The predicted octanol–water partition coefficient (Wildman–Crippen LogP) is 3.21. The first-order valence-electron chi connectivity index (χ1n) is 7.87. The van der Waals surface area contributed by atoms with Crippen LogP contribution in [-0.4, -0.2) is 30.9 Å². The van der Waals surface area contributed by atoms with E-state index >= 15 is 0 Å². The molecule has 114 valence electrons. The number of carbonyl (C=O) groups is 1.